The Kier molecular flexibility index (Phi) is 10.0. The summed E-state index contributed by atoms with van der Waals surface area (Å²) in [6.45, 7) is 6.94. The molecule has 0 aliphatic carbocycles. The topological polar surface area (TPSA) is 20.3 Å². The van der Waals surface area contributed by atoms with E-state index in [1.165, 1.54) is 51.8 Å². The van der Waals surface area contributed by atoms with Gasteiger partial charge in [-0.05, 0) is 0 Å². The Labute approximate surface area is 153 Å². The Bertz CT molecular complexity index is 459. The van der Waals surface area contributed by atoms with Gasteiger partial charge in [0.25, 0.3) is 0 Å². The van der Waals surface area contributed by atoms with Crippen LogP contribution in [-0.2, 0) is 0 Å². The fourth-order valence-electron chi connectivity index (χ4n) is 3.58. The third-order valence-electron chi connectivity index (χ3n) is 5.18. The molecule has 0 bridgehead atoms. The van der Waals surface area contributed by atoms with Crippen LogP contribution in [-0.4, -0.2) is 43.3 Å². The predicted molar refractivity (Wildman–Crippen MR) is 109 cm³/mol. The Balaban J connectivity index is 3.12. The van der Waals surface area contributed by atoms with E-state index < -0.39 is 18.4 Å². The van der Waals surface area contributed by atoms with E-state index >= 15 is 0 Å². The first kappa shape index (κ1) is 21.5. The zero-order valence-electron chi connectivity index (χ0n) is 16.5. The van der Waals surface area contributed by atoms with E-state index in [4.69, 9.17) is 0 Å². The van der Waals surface area contributed by atoms with Crippen LogP contribution < -0.4 is 3.58 Å². The Hall–Kier alpha value is -0.511. The van der Waals surface area contributed by atoms with E-state index in [1.54, 1.807) is 8.48 Å². The van der Waals surface area contributed by atoms with Crippen LogP contribution in [0.1, 0.15) is 69.7 Å². The van der Waals surface area contributed by atoms with Crippen molar-refractivity contribution in [3.63, 3.8) is 0 Å². The third kappa shape index (κ3) is 6.09. The molecule has 0 saturated heterocycles. The fourth-order valence-corrected chi connectivity index (χ4v) is 19.5. The van der Waals surface area contributed by atoms with Crippen molar-refractivity contribution in [1.82, 2.24) is 4.90 Å². The molecule has 0 aliphatic heterocycles. The summed E-state index contributed by atoms with van der Waals surface area (Å²) >= 11 is -2.33. The van der Waals surface area contributed by atoms with E-state index in [9.17, 15) is 4.79 Å². The molecule has 0 N–H and O–H groups in total. The molecule has 1 rings (SSSR count). The molecule has 1 amide bonds. The summed E-state index contributed by atoms with van der Waals surface area (Å²) in [5, 5.41) is 0. The quantitative estimate of drug-likeness (QED) is 0.421. The van der Waals surface area contributed by atoms with Crippen molar-refractivity contribution in [3.8, 4) is 0 Å². The molecule has 136 valence electrons. The second-order valence-electron chi connectivity index (χ2n) is 7.37. The molecule has 1 aromatic carbocycles. The maximum absolute atomic E-state index is 12.2. The molecular weight excluding hydrogens is 401 g/mol. The number of unbranched alkanes of at least 4 members (excludes halogenated alkanes) is 3. The summed E-state index contributed by atoms with van der Waals surface area (Å²) < 4.78 is 6.08. The van der Waals surface area contributed by atoms with E-state index in [-0.39, 0.29) is 5.91 Å². The van der Waals surface area contributed by atoms with Crippen molar-refractivity contribution in [1.29, 1.82) is 0 Å². The first-order valence-electron chi connectivity index (χ1n) is 9.83. The molecule has 0 spiro atoms. The molecule has 24 heavy (non-hydrogen) atoms. The molecule has 2 nitrogen and oxygen atoms in total. The Morgan fingerprint density at radius 2 is 1.25 bits per heavy atom. The van der Waals surface area contributed by atoms with Crippen molar-refractivity contribution in [2.45, 2.75) is 72.6 Å². The van der Waals surface area contributed by atoms with Gasteiger partial charge in [-0.3, -0.25) is 0 Å². The molecular formula is C21H37NOSn. The summed E-state index contributed by atoms with van der Waals surface area (Å²) in [5.74, 6) is 0.109. The zero-order valence-corrected chi connectivity index (χ0v) is 19.4. The van der Waals surface area contributed by atoms with Gasteiger partial charge in [-0.15, -0.1) is 0 Å². The van der Waals surface area contributed by atoms with Crippen LogP contribution in [0.15, 0.2) is 24.3 Å². The normalized spacial score (nSPS) is 11.5. The molecule has 0 aromatic heterocycles. The average molecular weight is 438 g/mol. The second kappa shape index (κ2) is 11.2. The van der Waals surface area contributed by atoms with Crippen molar-refractivity contribution < 1.29 is 4.79 Å². The van der Waals surface area contributed by atoms with Gasteiger partial charge in [-0.1, -0.05) is 0 Å². The second-order valence-corrected chi connectivity index (χ2v) is 20.6. The van der Waals surface area contributed by atoms with Crippen LogP contribution in [0.5, 0.6) is 0 Å². The standard InChI is InChI=1S/C9H10NO.3C4H9.Sn/c1-10(2)9(11)8-6-4-3-5-7-8;3*1-3-4-2;/h4-7H,1-2H3;3*1,3-4H2,2H3;. The number of nitrogens with zero attached hydrogens (tertiary/aromatic N) is 1. The van der Waals surface area contributed by atoms with Crippen LogP contribution in [0.2, 0.25) is 13.3 Å². The Morgan fingerprint density at radius 3 is 1.58 bits per heavy atom. The number of rotatable bonds is 11. The average Bonchev–Trinajstić information content (AvgIpc) is 2.61. The number of carbonyl (C=O) groups excluding carboxylic acids is 1. The molecule has 0 heterocycles. The van der Waals surface area contributed by atoms with Crippen LogP contribution in [0.3, 0.4) is 0 Å². The number of amides is 1. The number of benzene rings is 1. The van der Waals surface area contributed by atoms with Gasteiger partial charge in [0.15, 0.2) is 0 Å². The monoisotopic (exact) mass is 439 g/mol. The van der Waals surface area contributed by atoms with Gasteiger partial charge in [0.05, 0.1) is 0 Å². The molecule has 0 atom stereocenters. The van der Waals surface area contributed by atoms with Gasteiger partial charge in [-0.2, -0.15) is 0 Å². The van der Waals surface area contributed by atoms with Crippen LogP contribution in [0.25, 0.3) is 0 Å². The minimum atomic E-state index is -2.33. The van der Waals surface area contributed by atoms with Gasteiger partial charge in [0, 0.05) is 0 Å². The third-order valence-corrected chi connectivity index (χ3v) is 20.8. The van der Waals surface area contributed by atoms with Crippen LogP contribution in [0.4, 0.5) is 0 Å². The molecule has 0 saturated carbocycles. The molecule has 3 heteroatoms. The fraction of sp³-hybridized carbons (Fsp3) is 0.667. The van der Waals surface area contributed by atoms with Crippen LogP contribution in [0, 0.1) is 0 Å². The SMILES string of the molecule is CCC[CH2][Sn]([CH2]CCC)([CH2]CCC)[c]1ccc(C(=O)N(C)C)cc1. The molecule has 0 fully saturated rings. The molecule has 0 unspecified atom stereocenters. The summed E-state index contributed by atoms with van der Waals surface area (Å²) in [7, 11) is 3.65. The minimum absolute atomic E-state index is 0.109. The first-order valence-corrected chi connectivity index (χ1v) is 17.3. The van der Waals surface area contributed by atoms with E-state index in [2.05, 4.69) is 45.0 Å². The summed E-state index contributed by atoms with van der Waals surface area (Å²) in [5.41, 5.74) is 0.824. The van der Waals surface area contributed by atoms with Crippen molar-refractivity contribution in [3.05, 3.63) is 29.8 Å². The van der Waals surface area contributed by atoms with Gasteiger partial charge >= 0.3 is 154 Å². The zero-order chi connectivity index (χ0) is 18.0. The summed E-state index contributed by atoms with van der Waals surface area (Å²) in [4.78, 5) is 13.8. The van der Waals surface area contributed by atoms with Gasteiger partial charge in [0.2, 0.25) is 0 Å². The predicted octanol–water partition coefficient (Wildman–Crippen LogP) is 5.44. The van der Waals surface area contributed by atoms with E-state index in [1.807, 2.05) is 14.1 Å². The van der Waals surface area contributed by atoms with Crippen molar-refractivity contribution in [2.24, 2.45) is 0 Å². The Morgan fingerprint density at radius 1 is 0.833 bits per heavy atom. The first-order chi connectivity index (χ1) is 11.5. The number of carbonyl (C=O) groups is 1. The molecule has 0 aliphatic rings. The summed E-state index contributed by atoms with van der Waals surface area (Å²) in [6, 6.07) is 8.78. The summed E-state index contributed by atoms with van der Waals surface area (Å²) in [6.07, 6.45) is 8.03. The van der Waals surface area contributed by atoms with Gasteiger partial charge < -0.3 is 0 Å². The molecule has 1 aromatic rings. The number of hydrogen-bond acceptors (Lipinski definition) is 1. The number of hydrogen-bond donors (Lipinski definition) is 0. The van der Waals surface area contributed by atoms with Crippen LogP contribution >= 0.6 is 0 Å². The molecule has 0 radical (unpaired) electrons. The van der Waals surface area contributed by atoms with Gasteiger partial charge in [-0.25, -0.2) is 0 Å². The van der Waals surface area contributed by atoms with E-state index in [0.717, 1.165) is 5.56 Å². The van der Waals surface area contributed by atoms with Crippen molar-refractivity contribution >= 4 is 27.9 Å². The maximum atomic E-state index is 12.2. The van der Waals surface area contributed by atoms with E-state index in [0.29, 0.717) is 0 Å². The van der Waals surface area contributed by atoms with Gasteiger partial charge in [0.1, 0.15) is 0 Å². The van der Waals surface area contributed by atoms with Crippen molar-refractivity contribution in [2.75, 3.05) is 14.1 Å².